The summed E-state index contributed by atoms with van der Waals surface area (Å²) in [7, 11) is 2.33. The van der Waals surface area contributed by atoms with Gasteiger partial charge in [-0.25, -0.2) is 0 Å². The number of carboxylic acids is 1. The number of thioether (sulfide) groups is 1. The molecule has 4 heterocycles. The number of hydrogen-bond acceptors (Lipinski definition) is 6. The fraction of sp³-hybridized carbons (Fsp3) is 0.810. The predicted molar refractivity (Wildman–Crippen MR) is 109 cm³/mol. The van der Waals surface area contributed by atoms with Crippen molar-refractivity contribution >= 4 is 23.6 Å². The molecule has 3 saturated heterocycles. The molecule has 0 aromatic carbocycles. The largest absolute Gasteiger partial charge is 0.543 e. The van der Waals surface area contributed by atoms with Crippen LogP contribution < -0.4 is 10.4 Å². The van der Waals surface area contributed by atoms with Gasteiger partial charge in [-0.1, -0.05) is 6.92 Å². The number of hydrogen-bond donors (Lipinski definition) is 2. The quantitative estimate of drug-likeness (QED) is 0.452. The van der Waals surface area contributed by atoms with Gasteiger partial charge >= 0.3 is 0 Å². The van der Waals surface area contributed by atoms with E-state index in [0.29, 0.717) is 5.25 Å². The van der Waals surface area contributed by atoms with E-state index in [1.807, 2.05) is 6.92 Å². The van der Waals surface area contributed by atoms with Gasteiger partial charge in [0.25, 0.3) is 0 Å². The number of carbonyl (C=O) groups is 2. The molecule has 0 radical (unpaired) electrons. The molecule has 0 aromatic rings. The standard InChI is InChI=1S/C21H33N3O4S/c1-12-17-16(13(2)25)20(26)23(17)18(21(27)28)19(12)29-15-6-9-24(3,11-15)10-14-4-7-22-8-5-14/h12-17,22,25H,4-11H2,1-3H3/t12-,13-,15-,16-,17-,24?/m1/s1. The van der Waals surface area contributed by atoms with Crippen molar-refractivity contribution in [3.8, 4) is 0 Å². The molecule has 0 bridgehead atoms. The lowest BCUT2D eigenvalue weighted by Crippen LogP contribution is -2.64. The fourth-order valence-corrected chi connectivity index (χ4v) is 7.59. The van der Waals surface area contributed by atoms with Crippen LogP contribution in [0.3, 0.4) is 0 Å². The molecule has 29 heavy (non-hydrogen) atoms. The van der Waals surface area contributed by atoms with E-state index in [1.165, 1.54) is 24.3 Å². The zero-order chi connectivity index (χ0) is 20.9. The number of β-lactam (4-membered cyclic amide) rings is 1. The van der Waals surface area contributed by atoms with E-state index in [9.17, 15) is 19.8 Å². The van der Waals surface area contributed by atoms with Gasteiger partial charge in [-0.05, 0) is 32.9 Å². The van der Waals surface area contributed by atoms with E-state index in [4.69, 9.17) is 0 Å². The summed E-state index contributed by atoms with van der Waals surface area (Å²) < 4.78 is 1.05. The van der Waals surface area contributed by atoms with Gasteiger partial charge in [-0.15, -0.1) is 11.8 Å². The SMILES string of the molecule is C[C@@H](O)[C@H]1C(=O)N2C(C(=O)[O-])=C(S[C@@H]3CC[N+](C)(CC4CCNCC4)C3)[C@H](C)[C@H]12. The van der Waals surface area contributed by atoms with Gasteiger partial charge in [0.1, 0.15) is 0 Å². The summed E-state index contributed by atoms with van der Waals surface area (Å²) in [5.74, 6) is -1.38. The molecule has 1 unspecified atom stereocenters. The Labute approximate surface area is 177 Å². The number of rotatable bonds is 6. The van der Waals surface area contributed by atoms with Gasteiger partial charge < -0.3 is 29.7 Å². The second-order valence-electron chi connectivity index (χ2n) is 9.68. The monoisotopic (exact) mass is 423 g/mol. The highest BCUT2D eigenvalue weighted by Gasteiger charge is 2.59. The van der Waals surface area contributed by atoms with Gasteiger partial charge in [0, 0.05) is 23.2 Å². The maximum absolute atomic E-state index is 12.5. The van der Waals surface area contributed by atoms with Gasteiger partial charge in [-0.2, -0.15) is 0 Å². The number of likely N-dealkylation sites (tertiary alicyclic amines) is 1. The lowest BCUT2D eigenvalue weighted by atomic mass is 9.79. The molecule has 1 amide bonds. The number of piperidine rings is 1. The summed E-state index contributed by atoms with van der Waals surface area (Å²) in [6, 6.07) is -0.255. The molecule has 0 saturated carbocycles. The first kappa shape index (κ1) is 21.2. The van der Waals surface area contributed by atoms with Crippen molar-refractivity contribution in [3.63, 3.8) is 0 Å². The van der Waals surface area contributed by atoms with Gasteiger partial charge in [-0.3, -0.25) is 4.79 Å². The second-order valence-corrected chi connectivity index (χ2v) is 11.0. The zero-order valence-electron chi connectivity index (χ0n) is 17.6. The van der Waals surface area contributed by atoms with E-state index in [0.717, 1.165) is 47.9 Å². The Balaban J connectivity index is 1.46. The summed E-state index contributed by atoms with van der Waals surface area (Å²) in [6.45, 7) is 9.15. The molecule has 3 fully saturated rings. The van der Waals surface area contributed by atoms with E-state index >= 15 is 0 Å². The number of amides is 1. The van der Waals surface area contributed by atoms with Gasteiger partial charge in [0.05, 0.1) is 61.7 Å². The molecule has 162 valence electrons. The normalized spacial score (nSPS) is 38.9. The van der Waals surface area contributed by atoms with Crippen molar-refractivity contribution < 1.29 is 24.3 Å². The number of fused-ring (bicyclic) bond motifs is 1. The zero-order valence-corrected chi connectivity index (χ0v) is 18.4. The van der Waals surface area contributed by atoms with Crippen LogP contribution in [0.25, 0.3) is 0 Å². The van der Waals surface area contributed by atoms with Crippen molar-refractivity contribution in [2.75, 3.05) is 39.8 Å². The van der Waals surface area contributed by atoms with Crippen LogP contribution in [0.4, 0.5) is 0 Å². The third-order valence-corrected chi connectivity index (χ3v) is 8.93. The van der Waals surface area contributed by atoms with Crippen molar-refractivity contribution in [1.82, 2.24) is 10.2 Å². The minimum absolute atomic E-state index is 0.0499. The number of carbonyl (C=O) groups excluding carboxylic acids is 2. The van der Waals surface area contributed by atoms with Crippen LogP contribution in [0.1, 0.15) is 33.1 Å². The van der Waals surface area contributed by atoms with Crippen LogP contribution >= 0.6 is 11.8 Å². The molecular weight excluding hydrogens is 390 g/mol. The number of aliphatic hydroxyl groups is 1. The van der Waals surface area contributed by atoms with Crippen LogP contribution in [0.15, 0.2) is 10.6 Å². The molecule has 0 aliphatic carbocycles. The number of carboxylic acid groups (broad SMARTS) is 1. The fourth-order valence-electron chi connectivity index (χ4n) is 5.93. The van der Waals surface area contributed by atoms with E-state index < -0.39 is 18.0 Å². The maximum atomic E-state index is 12.5. The molecule has 4 aliphatic rings. The third kappa shape index (κ3) is 3.73. The first-order valence-electron chi connectivity index (χ1n) is 10.9. The molecule has 6 atom stereocenters. The van der Waals surface area contributed by atoms with Crippen molar-refractivity contribution in [3.05, 3.63) is 10.6 Å². The second kappa shape index (κ2) is 7.87. The molecule has 7 nitrogen and oxygen atoms in total. The molecular formula is C21H33N3O4S. The average Bonchev–Trinajstić information content (AvgIpc) is 3.12. The van der Waals surface area contributed by atoms with Crippen LogP contribution in [0.2, 0.25) is 0 Å². The molecule has 4 rings (SSSR count). The molecule has 2 N–H and O–H groups in total. The molecule has 4 aliphatic heterocycles. The predicted octanol–water partition coefficient (Wildman–Crippen LogP) is -0.243. The van der Waals surface area contributed by atoms with Crippen molar-refractivity contribution in [1.29, 1.82) is 0 Å². The number of quaternary nitrogens is 1. The van der Waals surface area contributed by atoms with Gasteiger partial charge in [0.2, 0.25) is 5.91 Å². The Bertz CT molecular complexity index is 721. The highest BCUT2D eigenvalue weighted by atomic mass is 32.2. The lowest BCUT2D eigenvalue weighted by Gasteiger charge is -2.47. The average molecular weight is 424 g/mol. The van der Waals surface area contributed by atoms with E-state index in [1.54, 1.807) is 18.7 Å². The summed E-state index contributed by atoms with van der Waals surface area (Å²) in [6.07, 6.45) is 2.76. The minimum atomic E-state index is -1.27. The molecule has 8 heteroatoms. The topological polar surface area (TPSA) is 92.7 Å². The smallest absolute Gasteiger partial charge is 0.235 e. The summed E-state index contributed by atoms with van der Waals surface area (Å²) in [5.41, 5.74) is 0.0499. The summed E-state index contributed by atoms with van der Waals surface area (Å²) in [5, 5.41) is 25.7. The highest BCUT2D eigenvalue weighted by molar-refractivity contribution is 8.03. The highest BCUT2D eigenvalue weighted by Crippen LogP contribution is 2.52. The number of nitrogens with one attached hydrogen (secondary N) is 1. The first-order chi connectivity index (χ1) is 13.7. The molecule has 0 aromatic heterocycles. The Kier molecular flexibility index (Phi) is 5.74. The minimum Gasteiger partial charge on any atom is -0.543 e. The Hall–Kier alpha value is -1.09. The number of nitrogens with zero attached hydrogens (tertiary/aromatic N) is 2. The van der Waals surface area contributed by atoms with Crippen LogP contribution in [0.5, 0.6) is 0 Å². The van der Waals surface area contributed by atoms with Crippen LogP contribution in [-0.2, 0) is 9.59 Å². The van der Waals surface area contributed by atoms with E-state index in [2.05, 4.69) is 12.4 Å². The van der Waals surface area contributed by atoms with E-state index in [-0.39, 0.29) is 23.6 Å². The Morgan fingerprint density at radius 2 is 2.07 bits per heavy atom. The first-order valence-corrected chi connectivity index (χ1v) is 11.8. The lowest BCUT2D eigenvalue weighted by molar-refractivity contribution is -0.900. The Morgan fingerprint density at radius 3 is 2.69 bits per heavy atom. The number of aliphatic carboxylic acids is 1. The van der Waals surface area contributed by atoms with Crippen LogP contribution in [-0.4, -0.2) is 83.5 Å². The van der Waals surface area contributed by atoms with Crippen molar-refractivity contribution in [2.45, 2.75) is 50.5 Å². The Morgan fingerprint density at radius 1 is 1.38 bits per heavy atom. The number of aliphatic hydroxyl groups excluding tert-OH is 1. The van der Waals surface area contributed by atoms with Crippen LogP contribution in [0, 0.1) is 17.8 Å². The summed E-state index contributed by atoms with van der Waals surface area (Å²) in [4.78, 5) is 26.5. The van der Waals surface area contributed by atoms with Crippen molar-refractivity contribution in [2.24, 2.45) is 17.8 Å². The third-order valence-electron chi connectivity index (χ3n) is 7.39. The van der Waals surface area contributed by atoms with Gasteiger partial charge in [0.15, 0.2) is 0 Å². The maximum Gasteiger partial charge on any atom is 0.235 e. The summed E-state index contributed by atoms with van der Waals surface area (Å²) >= 11 is 1.64. The molecule has 0 spiro atoms.